The zero-order chi connectivity index (χ0) is 12.1. The molecule has 0 atom stereocenters. The van der Waals surface area contributed by atoms with Gasteiger partial charge in [-0.05, 0) is 24.3 Å². The second kappa shape index (κ2) is 5.30. The van der Waals surface area contributed by atoms with E-state index in [1.165, 1.54) is 0 Å². The van der Waals surface area contributed by atoms with Crippen LogP contribution in [0.2, 0.25) is 0 Å². The van der Waals surface area contributed by atoms with Gasteiger partial charge in [-0.1, -0.05) is 12.1 Å². The van der Waals surface area contributed by atoms with Crippen molar-refractivity contribution in [1.82, 2.24) is 9.97 Å². The Labute approximate surface area is 102 Å². The molecule has 17 heavy (non-hydrogen) atoms. The molecule has 0 aliphatic heterocycles. The van der Waals surface area contributed by atoms with Crippen LogP contribution in [0.25, 0.3) is 0 Å². The van der Waals surface area contributed by atoms with Gasteiger partial charge in [-0.2, -0.15) is 0 Å². The Balaban J connectivity index is 2.02. The lowest BCUT2D eigenvalue weighted by molar-refractivity contribution is 0.828. The maximum Gasteiger partial charge on any atom is 0.129 e. The van der Waals surface area contributed by atoms with Crippen molar-refractivity contribution in [3.63, 3.8) is 0 Å². The van der Waals surface area contributed by atoms with Crippen molar-refractivity contribution in [2.24, 2.45) is 0 Å². The molecule has 88 valence electrons. The minimum absolute atomic E-state index is 0.744. The summed E-state index contributed by atoms with van der Waals surface area (Å²) in [5, 5.41) is 0. The Bertz CT molecular complexity index is 400. The van der Waals surface area contributed by atoms with E-state index in [1.807, 2.05) is 50.5 Å². The number of hydrogen-bond acceptors (Lipinski definition) is 4. The van der Waals surface area contributed by atoms with Crippen LogP contribution >= 0.6 is 0 Å². The molecule has 0 saturated heterocycles. The molecule has 0 bridgehead atoms. The Morgan fingerprint density at radius 1 is 0.824 bits per heavy atom. The van der Waals surface area contributed by atoms with Gasteiger partial charge in [-0.3, -0.25) is 0 Å². The largest absolute Gasteiger partial charge is 0.342 e. The molecule has 0 spiro atoms. The second-order valence-corrected chi connectivity index (χ2v) is 3.91. The second-order valence-electron chi connectivity index (χ2n) is 3.91. The van der Waals surface area contributed by atoms with Crippen molar-refractivity contribution in [2.45, 2.75) is 0 Å². The van der Waals surface area contributed by atoms with Crippen LogP contribution in [-0.2, 0) is 0 Å². The summed E-state index contributed by atoms with van der Waals surface area (Å²) in [5.74, 6) is 1.91. The number of anilines is 2. The van der Waals surface area contributed by atoms with Gasteiger partial charge in [0.2, 0.25) is 0 Å². The first kappa shape index (κ1) is 11.4. The van der Waals surface area contributed by atoms with Crippen LogP contribution in [0.5, 0.6) is 0 Å². The third kappa shape index (κ3) is 2.93. The van der Waals surface area contributed by atoms with Gasteiger partial charge < -0.3 is 9.80 Å². The van der Waals surface area contributed by atoms with Gasteiger partial charge in [0.15, 0.2) is 0 Å². The highest BCUT2D eigenvalue weighted by molar-refractivity contribution is 5.42. The van der Waals surface area contributed by atoms with E-state index >= 15 is 0 Å². The summed E-state index contributed by atoms with van der Waals surface area (Å²) in [6.45, 7) is 0.744. The van der Waals surface area contributed by atoms with E-state index < -0.39 is 0 Å². The highest BCUT2D eigenvalue weighted by Crippen LogP contribution is 2.11. The third-order valence-corrected chi connectivity index (χ3v) is 2.51. The van der Waals surface area contributed by atoms with Gasteiger partial charge in [-0.25, -0.2) is 9.97 Å². The van der Waals surface area contributed by atoms with E-state index in [0.29, 0.717) is 0 Å². The van der Waals surface area contributed by atoms with Crippen LogP contribution in [-0.4, -0.2) is 30.7 Å². The SMILES string of the molecule is CN(CN(C)c1ccccn1)c1ccccn1. The van der Waals surface area contributed by atoms with Crippen LogP contribution < -0.4 is 9.80 Å². The molecule has 0 N–H and O–H groups in total. The molecule has 4 heteroatoms. The van der Waals surface area contributed by atoms with Crippen LogP contribution in [0.1, 0.15) is 0 Å². The fourth-order valence-corrected chi connectivity index (χ4v) is 1.62. The summed E-state index contributed by atoms with van der Waals surface area (Å²) >= 11 is 0. The first-order valence-electron chi connectivity index (χ1n) is 5.52. The number of nitrogens with zero attached hydrogens (tertiary/aromatic N) is 4. The summed E-state index contributed by atoms with van der Waals surface area (Å²) in [6, 6.07) is 11.8. The summed E-state index contributed by atoms with van der Waals surface area (Å²) in [5.41, 5.74) is 0. The Kier molecular flexibility index (Phi) is 3.55. The number of hydrogen-bond donors (Lipinski definition) is 0. The van der Waals surface area contributed by atoms with Crippen molar-refractivity contribution < 1.29 is 0 Å². The molecular formula is C13H16N4. The number of pyridine rings is 2. The molecule has 0 aliphatic carbocycles. The van der Waals surface area contributed by atoms with E-state index in [2.05, 4.69) is 19.8 Å². The van der Waals surface area contributed by atoms with E-state index in [4.69, 9.17) is 0 Å². The summed E-state index contributed by atoms with van der Waals surface area (Å²) in [6.07, 6.45) is 3.60. The Hall–Kier alpha value is -2.10. The monoisotopic (exact) mass is 228 g/mol. The predicted molar refractivity (Wildman–Crippen MR) is 70.1 cm³/mol. The standard InChI is InChI=1S/C13H16N4/c1-16(12-7-3-5-9-14-12)11-17(2)13-8-4-6-10-15-13/h3-10H,11H2,1-2H3. The van der Waals surface area contributed by atoms with Gasteiger partial charge in [0, 0.05) is 26.5 Å². The third-order valence-electron chi connectivity index (χ3n) is 2.51. The summed E-state index contributed by atoms with van der Waals surface area (Å²) in [4.78, 5) is 12.8. The van der Waals surface area contributed by atoms with Crippen LogP contribution in [0, 0.1) is 0 Å². The first-order valence-corrected chi connectivity index (χ1v) is 5.52. The lowest BCUT2D eigenvalue weighted by Crippen LogP contribution is -2.33. The van der Waals surface area contributed by atoms with Crippen LogP contribution in [0.15, 0.2) is 48.8 Å². The molecule has 0 radical (unpaired) electrons. The summed E-state index contributed by atoms with van der Waals surface area (Å²) < 4.78 is 0. The molecule has 0 unspecified atom stereocenters. The topological polar surface area (TPSA) is 32.3 Å². The number of rotatable bonds is 4. The quantitative estimate of drug-likeness (QED) is 0.749. The van der Waals surface area contributed by atoms with Gasteiger partial charge in [-0.15, -0.1) is 0 Å². The van der Waals surface area contributed by atoms with Gasteiger partial charge in [0.25, 0.3) is 0 Å². The van der Waals surface area contributed by atoms with Gasteiger partial charge in [0.1, 0.15) is 11.6 Å². The smallest absolute Gasteiger partial charge is 0.129 e. The zero-order valence-electron chi connectivity index (χ0n) is 10.1. The molecule has 0 aliphatic rings. The van der Waals surface area contributed by atoms with Crippen molar-refractivity contribution in [3.05, 3.63) is 48.8 Å². The van der Waals surface area contributed by atoms with Crippen molar-refractivity contribution in [1.29, 1.82) is 0 Å². The molecule has 2 aromatic rings. The lowest BCUT2D eigenvalue weighted by atomic mass is 10.4. The van der Waals surface area contributed by atoms with Crippen molar-refractivity contribution in [3.8, 4) is 0 Å². The Morgan fingerprint density at radius 2 is 1.29 bits per heavy atom. The fraction of sp³-hybridized carbons (Fsp3) is 0.231. The van der Waals surface area contributed by atoms with Gasteiger partial charge in [0.05, 0.1) is 6.67 Å². The average Bonchev–Trinajstić information content (AvgIpc) is 2.40. The molecule has 2 heterocycles. The molecular weight excluding hydrogens is 212 g/mol. The fourth-order valence-electron chi connectivity index (χ4n) is 1.62. The predicted octanol–water partition coefficient (Wildman–Crippen LogP) is 2.01. The molecule has 0 fully saturated rings. The molecule has 2 aromatic heterocycles. The molecule has 4 nitrogen and oxygen atoms in total. The van der Waals surface area contributed by atoms with Crippen molar-refractivity contribution in [2.75, 3.05) is 30.6 Å². The van der Waals surface area contributed by atoms with E-state index in [1.54, 1.807) is 12.4 Å². The lowest BCUT2D eigenvalue weighted by Gasteiger charge is -2.26. The van der Waals surface area contributed by atoms with Crippen LogP contribution in [0.3, 0.4) is 0 Å². The number of aromatic nitrogens is 2. The highest BCUT2D eigenvalue weighted by Gasteiger charge is 2.06. The Morgan fingerprint density at radius 3 is 1.65 bits per heavy atom. The molecule has 2 rings (SSSR count). The molecule has 0 aromatic carbocycles. The van der Waals surface area contributed by atoms with Gasteiger partial charge >= 0.3 is 0 Å². The van der Waals surface area contributed by atoms with E-state index in [9.17, 15) is 0 Å². The highest BCUT2D eigenvalue weighted by atomic mass is 15.3. The summed E-state index contributed by atoms with van der Waals surface area (Å²) in [7, 11) is 4.03. The van der Waals surface area contributed by atoms with E-state index in [-0.39, 0.29) is 0 Å². The normalized spacial score (nSPS) is 10.0. The average molecular weight is 228 g/mol. The molecule has 0 saturated carbocycles. The van der Waals surface area contributed by atoms with E-state index in [0.717, 1.165) is 18.3 Å². The van der Waals surface area contributed by atoms with Crippen LogP contribution in [0.4, 0.5) is 11.6 Å². The van der Waals surface area contributed by atoms with Crippen molar-refractivity contribution >= 4 is 11.6 Å². The minimum atomic E-state index is 0.744. The first-order chi connectivity index (χ1) is 8.27. The molecule has 0 amide bonds. The zero-order valence-corrected chi connectivity index (χ0v) is 10.1. The maximum atomic E-state index is 4.30. The minimum Gasteiger partial charge on any atom is -0.342 e. The maximum absolute atomic E-state index is 4.30.